The third kappa shape index (κ3) is 2.83. The third-order valence-electron chi connectivity index (χ3n) is 5.09. The van der Waals surface area contributed by atoms with Crippen LogP contribution >= 0.6 is 0 Å². The molecule has 0 saturated heterocycles. The molecule has 2 aromatic carbocycles. The lowest BCUT2D eigenvalue weighted by atomic mass is 9.92. The first-order chi connectivity index (χ1) is 11.7. The summed E-state index contributed by atoms with van der Waals surface area (Å²) in [6.45, 7) is 0.553. The van der Waals surface area contributed by atoms with E-state index in [1.807, 2.05) is 36.1 Å². The van der Waals surface area contributed by atoms with E-state index >= 15 is 0 Å². The van der Waals surface area contributed by atoms with Crippen LogP contribution < -0.4 is 5.32 Å². The first kappa shape index (κ1) is 15.4. The Balaban J connectivity index is 1.47. The number of aliphatic hydroxyl groups excluding tert-OH is 1. The van der Waals surface area contributed by atoms with Crippen LogP contribution in [0.5, 0.6) is 0 Å². The van der Waals surface area contributed by atoms with Crippen LogP contribution in [0.15, 0.2) is 48.7 Å². The molecule has 0 saturated carbocycles. The summed E-state index contributed by atoms with van der Waals surface area (Å²) in [5.74, 6) is 0. The van der Waals surface area contributed by atoms with Crippen molar-refractivity contribution in [1.82, 2.24) is 15.1 Å². The van der Waals surface area contributed by atoms with E-state index in [-0.39, 0.29) is 6.04 Å². The van der Waals surface area contributed by atoms with E-state index in [1.54, 1.807) is 0 Å². The maximum atomic E-state index is 10.6. The summed E-state index contributed by atoms with van der Waals surface area (Å²) in [5.41, 5.74) is 3.57. The Morgan fingerprint density at radius 1 is 1.25 bits per heavy atom. The van der Waals surface area contributed by atoms with Crippen LogP contribution in [0, 0.1) is 0 Å². The molecule has 0 spiro atoms. The minimum absolute atomic E-state index is 0.289. The van der Waals surface area contributed by atoms with Gasteiger partial charge in [-0.15, -0.1) is 0 Å². The van der Waals surface area contributed by atoms with E-state index in [4.69, 9.17) is 0 Å². The monoisotopic (exact) mass is 321 g/mol. The fourth-order valence-corrected chi connectivity index (χ4v) is 3.71. The Morgan fingerprint density at radius 2 is 2.08 bits per heavy atom. The predicted molar refractivity (Wildman–Crippen MR) is 95.8 cm³/mol. The van der Waals surface area contributed by atoms with Gasteiger partial charge in [-0.1, -0.05) is 36.4 Å². The smallest absolute Gasteiger partial charge is 0.0914 e. The molecule has 4 heteroatoms. The summed E-state index contributed by atoms with van der Waals surface area (Å²) >= 11 is 0. The van der Waals surface area contributed by atoms with Gasteiger partial charge in [-0.3, -0.25) is 4.68 Å². The minimum atomic E-state index is -0.503. The number of nitrogens with one attached hydrogen (secondary N) is 1. The summed E-state index contributed by atoms with van der Waals surface area (Å²) in [5, 5.41) is 20.9. The Kier molecular flexibility index (Phi) is 4.08. The van der Waals surface area contributed by atoms with Gasteiger partial charge in [-0.2, -0.15) is 5.10 Å². The molecule has 0 fully saturated rings. The van der Waals surface area contributed by atoms with Gasteiger partial charge in [0.1, 0.15) is 0 Å². The van der Waals surface area contributed by atoms with E-state index in [9.17, 15) is 5.11 Å². The van der Waals surface area contributed by atoms with E-state index in [0.717, 1.165) is 24.8 Å². The number of rotatable bonds is 4. The fourth-order valence-electron chi connectivity index (χ4n) is 3.71. The van der Waals surface area contributed by atoms with Crippen molar-refractivity contribution in [3.8, 4) is 0 Å². The van der Waals surface area contributed by atoms with E-state index in [1.165, 1.54) is 22.0 Å². The molecule has 0 aliphatic heterocycles. The van der Waals surface area contributed by atoms with Crippen molar-refractivity contribution in [2.45, 2.75) is 31.4 Å². The highest BCUT2D eigenvalue weighted by Gasteiger charge is 2.23. The summed E-state index contributed by atoms with van der Waals surface area (Å²) in [6.07, 6.45) is 4.82. The number of aromatic nitrogens is 2. The highest BCUT2D eigenvalue weighted by molar-refractivity contribution is 5.83. The van der Waals surface area contributed by atoms with E-state index in [2.05, 4.69) is 34.7 Å². The molecule has 1 heterocycles. The third-order valence-corrected chi connectivity index (χ3v) is 5.09. The number of fused-ring (bicyclic) bond motifs is 2. The van der Waals surface area contributed by atoms with Gasteiger partial charge < -0.3 is 10.4 Å². The molecule has 3 aromatic rings. The van der Waals surface area contributed by atoms with Crippen molar-refractivity contribution in [3.05, 3.63) is 65.5 Å². The van der Waals surface area contributed by atoms with Crippen molar-refractivity contribution in [1.29, 1.82) is 0 Å². The number of nitrogens with zero attached hydrogens (tertiary/aromatic N) is 2. The molecule has 0 radical (unpaired) electrons. The molecule has 124 valence electrons. The van der Waals surface area contributed by atoms with Crippen LogP contribution in [0.25, 0.3) is 10.8 Å². The predicted octanol–water partition coefficient (Wildman–Crippen LogP) is 3.27. The number of aliphatic hydroxyl groups is 1. The zero-order chi connectivity index (χ0) is 16.5. The quantitative estimate of drug-likeness (QED) is 0.775. The Hall–Kier alpha value is -2.17. The summed E-state index contributed by atoms with van der Waals surface area (Å²) in [6, 6.07) is 14.7. The number of benzene rings is 2. The highest BCUT2D eigenvalue weighted by Crippen LogP contribution is 2.29. The van der Waals surface area contributed by atoms with Crippen molar-refractivity contribution in [2.24, 2.45) is 7.05 Å². The number of hydrogen-bond acceptors (Lipinski definition) is 3. The molecular weight excluding hydrogens is 298 g/mol. The molecular formula is C20H23N3O. The second kappa shape index (κ2) is 6.38. The molecule has 1 aromatic heterocycles. The lowest BCUT2D eigenvalue weighted by Crippen LogP contribution is -2.29. The fraction of sp³-hybridized carbons (Fsp3) is 0.350. The molecule has 0 amide bonds. The zero-order valence-electron chi connectivity index (χ0n) is 13.9. The van der Waals surface area contributed by atoms with Gasteiger partial charge in [0.05, 0.1) is 12.3 Å². The largest absolute Gasteiger partial charge is 0.387 e. The van der Waals surface area contributed by atoms with Gasteiger partial charge >= 0.3 is 0 Å². The standard InChI is InChI=1S/C20H23N3O/c1-23-19-8-4-7-18(17(19)12-22-23)21-13-20(24)16-10-9-14-5-2-3-6-15(14)11-16/h2-3,5-6,9-12,18,20-21,24H,4,7-8,13H2,1H3. The van der Waals surface area contributed by atoms with E-state index < -0.39 is 6.10 Å². The maximum Gasteiger partial charge on any atom is 0.0914 e. The van der Waals surface area contributed by atoms with Crippen LogP contribution in [0.2, 0.25) is 0 Å². The summed E-state index contributed by atoms with van der Waals surface area (Å²) in [4.78, 5) is 0. The molecule has 4 nitrogen and oxygen atoms in total. The second-order valence-corrected chi connectivity index (χ2v) is 6.65. The van der Waals surface area contributed by atoms with Gasteiger partial charge in [-0.05, 0) is 41.7 Å². The number of hydrogen-bond donors (Lipinski definition) is 2. The first-order valence-electron chi connectivity index (χ1n) is 8.63. The Labute approximate surface area is 142 Å². The highest BCUT2D eigenvalue weighted by atomic mass is 16.3. The average Bonchev–Trinajstić information content (AvgIpc) is 3.01. The first-order valence-corrected chi connectivity index (χ1v) is 8.63. The van der Waals surface area contributed by atoms with Gasteiger partial charge in [-0.25, -0.2) is 0 Å². The van der Waals surface area contributed by atoms with Crippen LogP contribution in [0.3, 0.4) is 0 Å². The maximum absolute atomic E-state index is 10.6. The van der Waals surface area contributed by atoms with E-state index in [0.29, 0.717) is 6.54 Å². The molecule has 24 heavy (non-hydrogen) atoms. The zero-order valence-corrected chi connectivity index (χ0v) is 13.9. The van der Waals surface area contributed by atoms with Crippen molar-refractivity contribution >= 4 is 10.8 Å². The van der Waals surface area contributed by atoms with Crippen LogP contribution in [0.4, 0.5) is 0 Å². The average molecular weight is 321 g/mol. The minimum Gasteiger partial charge on any atom is -0.387 e. The molecule has 4 rings (SSSR count). The number of aryl methyl sites for hydroxylation is 1. The van der Waals surface area contributed by atoms with Crippen molar-refractivity contribution in [2.75, 3.05) is 6.54 Å². The van der Waals surface area contributed by atoms with Crippen molar-refractivity contribution in [3.63, 3.8) is 0 Å². The molecule has 2 N–H and O–H groups in total. The SMILES string of the molecule is Cn1ncc2c1CCCC2NCC(O)c1ccc2ccccc2c1. The molecule has 1 aliphatic carbocycles. The lowest BCUT2D eigenvalue weighted by Gasteiger charge is -2.25. The Morgan fingerprint density at radius 3 is 2.96 bits per heavy atom. The van der Waals surface area contributed by atoms with Crippen LogP contribution in [-0.2, 0) is 13.5 Å². The van der Waals surface area contributed by atoms with Gasteiger partial charge in [0.25, 0.3) is 0 Å². The van der Waals surface area contributed by atoms with Crippen LogP contribution in [0.1, 0.15) is 41.8 Å². The molecule has 1 aliphatic rings. The topological polar surface area (TPSA) is 50.1 Å². The normalized spacial score (nSPS) is 18.5. The molecule has 0 bridgehead atoms. The summed E-state index contributed by atoms with van der Waals surface area (Å²) in [7, 11) is 2.01. The van der Waals surface area contributed by atoms with Gasteiger partial charge in [0.2, 0.25) is 0 Å². The molecule has 2 atom stereocenters. The summed E-state index contributed by atoms with van der Waals surface area (Å²) < 4.78 is 1.98. The molecule has 2 unspecified atom stereocenters. The Bertz CT molecular complexity index is 855. The second-order valence-electron chi connectivity index (χ2n) is 6.65. The van der Waals surface area contributed by atoms with Crippen molar-refractivity contribution < 1.29 is 5.11 Å². The lowest BCUT2D eigenvalue weighted by molar-refractivity contribution is 0.168. The van der Waals surface area contributed by atoms with Crippen LogP contribution in [-0.4, -0.2) is 21.4 Å². The van der Waals surface area contributed by atoms with Gasteiger partial charge in [0.15, 0.2) is 0 Å². The van der Waals surface area contributed by atoms with Gasteiger partial charge in [0, 0.05) is 30.9 Å².